The summed E-state index contributed by atoms with van der Waals surface area (Å²) in [5.74, 6) is 0.987. The Morgan fingerprint density at radius 1 is 0.567 bits per heavy atom. The highest BCUT2D eigenvalue weighted by atomic mass is 19.1. The molecule has 1 aliphatic rings. The second-order valence-corrected chi connectivity index (χ2v) is 7.70. The molecule has 30 heavy (non-hydrogen) atoms. The molecule has 0 N–H and O–H groups in total. The van der Waals surface area contributed by atoms with Crippen LogP contribution in [0.2, 0.25) is 0 Å². The second kappa shape index (κ2) is 12.5. The van der Waals surface area contributed by atoms with Crippen LogP contribution in [0.15, 0.2) is 48.5 Å². The molecule has 0 atom stereocenters. The third kappa shape index (κ3) is 8.28. The number of piperazine rings is 1. The molecule has 164 valence electrons. The lowest BCUT2D eigenvalue weighted by molar-refractivity contribution is 0.126. The number of hydrogen-bond donors (Lipinski definition) is 0. The first-order valence-corrected chi connectivity index (χ1v) is 10.9. The predicted octanol–water partition coefficient (Wildman–Crippen LogP) is 4.60. The van der Waals surface area contributed by atoms with Gasteiger partial charge in [0.25, 0.3) is 0 Å². The fourth-order valence-corrected chi connectivity index (χ4v) is 3.55. The van der Waals surface area contributed by atoms with Gasteiger partial charge in [0.2, 0.25) is 0 Å². The number of ether oxygens (including phenoxy) is 2. The fourth-order valence-electron chi connectivity index (χ4n) is 3.55. The van der Waals surface area contributed by atoms with Crippen LogP contribution < -0.4 is 9.47 Å². The molecule has 1 heterocycles. The molecule has 0 radical (unpaired) electrons. The van der Waals surface area contributed by atoms with Gasteiger partial charge in [0, 0.05) is 26.2 Å². The Labute approximate surface area is 178 Å². The Morgan fingerprint density at radius 3 is 1.30 bits per heavy atom. The van der Waals surface area contributed by atoms with Crippen molar-refractivity contribution in [2.75, 3.05) is 52.5 Å². The van der Waals surface area contributed by atoms with Gasteiger partial charge in [-0.05, 0) is 87.3 Å². The van der Waals surface area contributed by atoms with Crippen LogP contribution >= 0.6 is 0 Å². The minimum absolute atomic E-state index is 0.236. The molecule has 1 fully saturated rings. The van der Waals surface area contributed by atoms with Crippen molar-refractivity contribution < 1.29 is 18.3 Å². The van der Waals surface area contributed by atoms with Crippen LogP contribution in [0.3, 0.4) is 0 Å². The van der Waals surface area contributed by atoms with E-state index < -0.39 is 0 Å². The average Bonchev–Trinajstić information content (AvgIpc) is 2.77. The smallest absolute Gasteiger partial charge is 0.123 e. The van der Waals surface area contributed by atoms with E-state index in [-0.39, 0.29) is 11.6 Å². The normalized spacial score (nSPS) is 15.3. The average molecular weight is 419 g/mol. The first-order valence-electron chi connectivity index (χ1n) is 10.9. The fraction of sp³-hybridized carbons (Fsp3) is 0.500. The quantitative estimate of drug-likeness (QED) is 0.471. The van der Waals surface area contributed by atoms with Gasteiger partial charge < -0.3 is 19.3 Å². The maximum atomic E-state index is 12.9. The van der Waals surface area contributed by atoms with Gasteiger partial charge in [0.05, 0.1) is 13.2 Å². The van der Waals surface area contributed by atoms with Gasteiger partial charge in [-0.2, -0.15) is 0 Å². The molecule has 0 aromatic heterocycles. The van der Waals surface area contributed by atoms with E-state index in [0.717, 1.165) is 76.5 Å². The van der Waals surface area contributed by atoms with Gasteiger partial charge in [0.1, 0.15) is 23.1 Å². The van der Waals surface area contributed by atoms with Crippen LogP contribution in [-0.4, -0.2) is 62.3 Å². The van der Waals surface area contributed by atoms with Crippen molar-refractivity contribution in [3.63, 3.8) is 0 Å². The van der Waals surface area contributed by atoms with Crippen molar-refractivity contribution in [2.45, 2.75) is 25.7 Å². The van der Waals surface area contributed by atoms with Gasteiger partial charge >= 0.3 is 0 Å². The number of unbranched alkanes of at least 4 members (excludes halogenated alkanes) is 2. The molecule has 0 saturated carbocycles. The van der Waals surface area contributed by atoms with Gasteiger partial charge in [-0.3, -0.25) is 0 Å². The summed E-state index contributed by atoms with van der Waals surface area (Å²) in [6, 6.07) is 12.4. The lowest BCUT2D eigenvalue weighted by Crippen LogP contribution is -2.46. The molecule has 6 heteroatoms. The number of benzene rings is 2. The van der Waals surface area contributed by atoms with Crippen molar-refractivity contribution in [1.29, 1.82) is 0 Å². The summed E-state index contributed by atoms with van der Waals surface area (Å²) in [4.78, 5) is 5.04. The molecule has 0 amide bonds. The Kier molecular flexibility index (Phi) is 9.38. The van der Waals surface area contributed by atoms with E-state index in [1.807, 2.05) is 0 Å². The van der Waals surface area contributed by atoms with E-state index >= 15 is 0 Å². The maximum absolute atomic E-state index is 12.9. The van der Waals surface area contributed by atoms with Crippen LogP contribution in [0.4, 0.5) is 8.78 Å². The summed E-state index contributed by atoms with van der Waals surface area (Å²) in [5, 5.41) is 0. The Bertz CT molecular complexity index is 653. The zero-order valence-corrected chi connectivity index (χ0v) is 17.6. The number of rotatable bonds is 12. The molecule has 4 nitrogen and oxygen atoms in total. The maximum Gasteiger partial charge on any atom is 0.123 e. The molecule has 2 aromatic carbocycles. The van der Waals surface area contributed by atoms with Crippen molar-refractivity contribution in [3.05, 3.63) is 60.2 Å². The summed E-state index contributed by atoms with van der Waals surface area (Å²) in [5.41, 5.74) is 0. The third-order valence-corrected chi connectivity index (χ3v) is 5.37. The van der Waals surface area contributed by atoms with Crippen molar-refractivity contribution in [2.24, 2.45) is 0 Å². The molecule has 0 unspecified atom stereocenters. The molecule has 1 aliphatic heterocycles. The summed E-state index contributed by atoms with van der Waals surface area (Å²) in [7, 11) is 0. The topological polar surface area (TPSA) is 24.9 Å². The van der Waals surface area contributed by atoms with Crippen molar-refractivity contribution >= 4 is 0 Å². The molecule has 1 saturated heterocycles. The van der Waals surface area contributed by atoms with E-state index in [1.54, 1.807) is 24.3 Å². The van der Waals surface area contributed by atoms with Crippen molar-refractivity contribution in [3.8, 4) is 11.5 Å². The largest absolute Gasteiger partial charge is 0.494 e. The predicted molar refractivity (Wildman–Crippen MR) is 115 cm³/mol. The zero-order chi connectivity index (χ0) is 21.0. The van der Waals surface area contributed by atoms with E-state index in [4.69, 9.17) is 9.47 Å². The molecular formula is C24H32F2N2O2. The minimum Gasteiger partial charge on any atom is -0.494 e. The van der Waals surface area contributed by atoms with Gasteiger partial charge in [-0.25, -0.2) is 8.78 Å². The molecule has 2 aromatic rings. The van der Waals surface area contributed by atoms with Crippen LogP contribution in [-0.2, 0) is 0 Å². The van der Waals surface area contributed by atoms with Crippen LogP contribution in [0.1, 0.15) is 25.7 Å². The van der Waals surface area contributed by atoms with Crippen LogP contribution in [0, 0.1) is 11.6 Å². The molecule has 0 spiro atoms. The highest BCUT2D eigenvalue weighted by molar-refractivity contribution is 5.22. The number of halogens is 2. The van der Waals surface area contributed by atoms with E-state index in [0.29, 0.717) is 13.2 Å². The lowest BCUT2D eigenvalue weighted by Gasteiger charge is -2.34. The number of nitrogens with zero attached hydrogens (tertiary/aromatic N) is 2. The Morgan fingerprint density at radius 2 is 0.933 bits per heavy atom. The summed E-state index contributed by atoms with van der Waals surface area (Å²) >= 11 is 0. The summed E-state index contributed by atoms with van der Waals surface area (Å²) < 4.78 is 37.0. The summed E-state index contributed by atoms with van der Waals surface area (Å²) in [6.45, 7) is 8.01. The van der Waals surface area contributed by atoms with Crippen LogP contribution in [0.5, 0.6) is 11.5 Å². The molecule has 0 bridgehead atoms. The first-order chi connectivity index (χ1) is 14.7. The van der Waals surface area contributed by atoms with E-state index in [1.165, 1.54) is 24.3 Å². The molecule has 3 rings (SSSR count). The SMILES string of the molecule is Fc1ccc(OCCCCN2CCN(CCCCOc3ccc(F)cc3)CC2)cc1. The monoisotopic (exact) mass is 418 g/mol. The molecular weight excluding hydrogens is 386 g/mol. The van der Waals surface area contributed by atoms with Gasteiger partial charge in [-0.15, -0.1) is 0 Å². The standard InChI is InChI=1S/C24H32F2N2O2/c25-21-5-9-23(10-6-21)29-19-3-1-13-27-15-17-28(18-16-27)14-2-4-20-30-24-11-7-22(26)8-12-24/h5-12H,1-4,13-20H2. The highest BCUT2D eigenvalue weighted by Crippen LogP contribution is 2.13. The van der Waals surface area contributed by atoms with Crippen molar-refractivity contribution in [1.82, 2.24) is 9.80 Å². The van der Waals surface area contributed by atoms with E-state index in [2.05, 4.69) is 9.80 Å². The van der Waals surface area contributed by atoms with Gasteiger partial charge in [0.15, 0.2) is 0 Å². The lowest BCUT2D eigenvalue weighted by atomic mass is 10.2. The van der Waals surface area contributed by atoms with Crippen LogP contribution in [0.25, 0.3) is 0 Å². The highest BCUT2D eigenvalue weighted by Gasteiger charge is 2.15. The van der Waals surface area contributed by atoms with Gasteiger partial charge in [-0.1, -0.05) is 0 Å². The Balaban J connectivity index is 1.16. The van der Waals surface area contributed by atoms with E-state index in [9.17, 15) is 8.78 Å². The zero-order valence-electron chi connectivity index (χ0n) is 17.6. The second-order valence-electron chi connectivity index (χ2n) is 7.70. The summed E-state index contributed by atoms with van der Waals surface area (Å²) in [6.07, 6.45) is 4.24. The first kappa shape index (κ1) is 22.5. The third-order valence-electron chi connectivity index (χ3n) is 5.37. The minimum atomic E-state index is -0.236. The molecule has 0 aliphatic carbocycles. The Hall–Kier alpha value is -2.18. The number of hydrogen-bond acceptors (Lipinski definition) is 4.